The molecule has 6 aliphatic heterocycles. The van der Waals surface area contributed by atoms with Crippen LogP contribution >= 0.6 is 23.5 Å². The van der Waals surface area contributed by atoms with Gasteiger partial charge in [-0.05, 0) is 46.5 Å². The minimum absolute atomic E-state index is 0.0636. The van der Waals surface area contributed by atoms with Gasteiger partial charge in [-0.15, -0.1) is 23.5 Å². The molecule has 0 spiro atoms. The Morgan fingerprint density at radius 1 is 0.644 bits per heavy atom. The van der Waals surface area contributed by atoms with Crippen LogP contribution in [0.3, 0.4) is 0 Å². The molecule has 0 bridgehead atoms. The topological polar surface area (TPSA) is 165 Å². The number of thioether (sulfide) groups is 2. The van der Waals surface area contributed by atoms with Crippen LogP contribution in [0.5, 0.6) is 11.5 Å². The third-order valence-corrected chi connectivity index (χ3v) is 15.8. The van der Waals surface area contributed by atoms with Crippen LogP contribution in [0.4, 0.5) is 17.6 Å². The van der Waals surface area contributed by atoms with E-state index in [4.69, 9.17) is 18.9 Å². The van der Waals surface area contributed by atoms with Crippen molar-refractivity contribution in [3.05, 3.63) is 186 Å². The molecule has 0 radical (unpaired) electrons. The highest BCUT2D eigenvalue weighted by molar-refractivity contribution is 7.98. The summed E-state index contributed by atoms with van der Waals surface area (Å²) >= 11 is 2.80. The van der Waals surface area contributed by atoms with E-state index < -0.39 is 88.9 Å². The zero-order valence-corrected chi connectivity index (χ0v) is 40.2. The zero-order chi connectivity index (χ0) is 50.8. The van der Waals surface area contributed by atoms with Crippen molar-refractivity contribution in [2.45, 2.75) is 52.6 Å². The van der Waals surface area contributed by atoms with E-state index in [1.807, 2.05) is 58.5 Å². The SMILES string of the molecule is CC(=O)OCOc1c2n(ccc1=O)N([C@@H]1c3ccccc3SCc3c1ccc(F)c3F)[C@@H]1COCCN1C2=O.O=C1c2c(O)c(=O)ccn2N([C@@H]2c3ccccc3SCc3c2ccc(F)c3F)[C@@H]2COCCN12. The summed E-state index contributed by atoms with van der Waals surface area (Å²) in [6.07, 6.45) is 1.66. The first kappa shape index (κ1) is 48.0. The van der Waals surface area contributed by atoms with Crippen molar-refractivity contribution < 1.29 is 56.0 Å². The highest BCUT2D eigenvalue weighted by Gasteiger charge is 2.48. The molecule has 0 unspecified atom stereocenters. The third-order valence-electron chi connectivity index (χ3n) is 13.6. The van der Waals surface area contributed by atoms with Gasteiger partial charge in [-0.3, -0.25) is 43.3 Å². The van der Waals surface area contributed by atoms with E-state index in [1.54, 1.807) is 21.9 Å². The molecule has 0 saturated carbocycles. The number of aromatic nitrogens is 2. The zero-order valence-electron chi connectivity index (χ0n) is 38.5. The molecule has 2 saturated heterocycles. The summed E-state index contributed by atoms with van der Waals surface area (Å²) in [4.78, 5) is 68.4. The molecule has 22 heteroatoms. The highest BCUT2D eigenvalue weighted by atomic mass is 32.2. The van der Waals surface area contributed by atoms with Crippen molar-refractivity contribution in [2.75, 3.05) is 56.3 Å². The second-order valence-corrected chi connectivity index (χ2v) is 19.5. The molecule has 4 atom stereocenters. The maximum absolute atomic E-state index is 15.2. The number of pyridine rings is 2. The summed E-state index contributed by atoms with van der Waals surface area (Å²) in [5.41, 5.74) is 1.71. The fourth-order valence-electron chi connectivity index (χ4n) is 10.3. The molecule has 16 nitrogen and oxygen atoms in total. The summed E-state index contributed by atoms with van der Waals surface area (Å²) in [6.45, 7) is 2.04. The van der Waals surface area contributed by atoms with Crippen molar-refractivity contribution in [1.82, 2.24) is 19.2 Å². The predicted molar refractivity (Wildman–Crippen MR) is 256 cm³/mol. The maximum Gasteiger partial charge on any atom is 0.305 e. The minimum Gasteiger partial charge on any atom is -0.502 e. The van der Waals surface area contributed by atoms with Crippen molar-refractivity contribution in [1.29, 1.82) is 0 Å². The lowest BCUT2D eigenvalue weighted by Crippen LogP contribution is -2.66. The fraction of sp³-hybridized carbons (Fsp3) is 0.275. The van der Waals surface area contributed by atoms with Crippen molar-refractivity contribution in [3.63, 3.8) is 0 Å². The summed E-state index contributed by atoms with van der Waals surface area (Å²) in [7, 11) is 0. The number of aromatic hydroxyl groups is 1. The van der Waals surface area contributed by atoms with Gasteiger partial charge in [0.05, 0.1) is 38.5 Å². The standard InChI is InChI=1S/C27H23F2N3O6S.C24H19F2N3O4S/c1-15(33)37-14-38-26-20(34)8-9-31-25(26)27(35)30-10-11-36-12-22(30)32(31)24-16-6-7-19(28)23(29)18(16)13-39-21-5-3-2-4-17(21)24;25-16-6-5-13-15(20(16)26)12-34-18-4-2-1-3-14(18)21(13)29-19-11-33-10-9-27(19)24(32)22-23(31)17(30)7-8-28(22)29/h2-9,22,24H,10-14H2,1H3;1-8,19,21,31H,9-12H2/t22-,24+;19-,21+/m11/s1. The van der Waals surface area contributed by atoms with Gasteiger partial charge < -0.3 is 33.9 Å². The van der Waals surface area contributed by atoms with Crippen molar-refractivity contribution in [2.24, 2.45) is 0 Å². The number of hydrogen-bond donors (Lipinski definition) is 1. The first-order valence-electron chi connectivity index (χ1n) is 23.0. The number of carbonyl (C=O) groups excluding carboxylic acids is 3. The van der Waals surface area contributed by atoms with Crippen LogP contribution in [-0.2, 0) is 30.5 Å². The number of fused-ring (bicyclic) bond motifs is 8. The Morgan fingerprint density at radius 3 is 1.64 bits per heavy atom. The number of hydrogen-bond acceptors (Lipinski definition) is 14. The van der Waals surface area contributed by atoms with E-state index in [0.29, 0.717) is 17.7 Å². The molecule has 6 aromatic rings. The molecule has 12 rings (SSSR count). The average molecular weight is 1040 g/mol. The summed E-state index contributed by atoms with van der Waals surface area (Å²) in [5.74, 6) is -5.75. The number of halogens is 4. The summed E-state index contributed by atoms with van der Waals surface area (Å²) in [5, 5.41) is 14.3. The van der Waals surface area contributed by atoms with Gasteiger partial charge in [0.2, 0.25) is 23.4 Å². The van der Waals surface area contributed by atoms with Gasteiger partial charge in [0, 0.05) is 77.0 Å². The largest absolute Gasteiger partial charge is 0.502 e. The number of carbonyl (C=O) groups is 3. The van der Waals surface area contributed by atoms with E-state index >= 15 is 8.78 Å². The number of ether oxygens (including phenoxy) is 4. The Morgan fingerprint density at radius 2 is 1.12 bits per heavy atom. The molecule has 73 heavy (non-hydrogen) atoms. The lowest BCUT2D eigenvalue weighted by molar-refractivity contribution is -0.147. The van der Waals surface area contributed by atoms with Gasteiger partial charge in [-0.1, -0.05) is 48.5 Å². The van der Waals surface area contributed by atoms with Crippen LogP contribution in [-0.4, -0.2) is 101 Å². The second kappa shape index (κ2) is 19.3. The normalized spacial score (nSPS) is 20.5. The molecule has 0 aliphatic carbocycles. The molecular weight excluding hydrogens is 997 g/mol. The Balaban J connectivity index is 0.000000159. The van der Waals surface area contributed by atoms with E-state index in [0.717, 1.165) is 33.1 Å². The Kier molecular flexibility index (Phi) is 12.7. The van der Waals surface area contributed by atoms with Gasteiger partial charge in [0.1, 0.15) is 12.3 Å². The minimum atomic E-state index is -0.944. The predicted octanol–water partition coefficient (Wildman–Crippen LogP) is 6.15. The van der Waals surface area contributed by atoms with Crippen LogP contribution < -0.4 is 25.6 Å². The number of amides is 2. The van der Waals surface area contributed by atoms with Crippen molar-refractivity contribution >= 4 is 41.3 Å². The maximum atomic E-state index is 15.2. The summed E-state index contributed by atoms with van der Waals surface area (Å²) in [6, 6.07) is 21.6. The number of nitrogens with zero attached hydrogens (tertiary/aromatic N) is 6. The molecule has 1 N–H and O–H groups in total. The molecule has 2 fully saturated rings. The van der Waals surface area contributed by atoms with Crippen LogP contribution in [0.1, 0.15) is 73.4 Å². The van der Waals surface area contributed by atoms with E-state index in [-0.39, 0.29) is 72.7 Å². The van der Waals surface area contributed by atoms with Gasteiger partial charge in [0.25, 0.3) is 11.8 Å². The smallest absolute Gasteiger partial charge is 0.305 e. The first-order chi connectivity index (χ1) is 35.3. The Labute approximate surface area is 421 Å². The molecule has 4 aromatic carbocycles. The fourth-order valence-corrected chi connectivity index (χ4v) is 12.5. The molecular formula is C51H42F4N6O10S2. The van der Waals surface area contributed by atoms with E-state index in [1.165, 1.54) is 64.3 Å². The lowest BCUT2D eigenvalue weighted by Gasteiger charge is -2.51. The van der Waals surface area contributed by atoms with Crippen molar-refractivity contribution in [3.8, 4) is 11.5 Å². The van der Waals surface area contributed by atoms with Crippen LogP contribution in [0, 0.1) is 23.3 Å². The highest BCUT2D eigenvalue weighted by Crippen LogP contribution is 2.47. The number of benzene rings is 4. The molecule has 8 heterocycles. The van der Waals surface area contributed by atoms with E-state index in [9.17, 15) is 37.9 Å². The third kappa shape index (κ3) is 8.16. The van der Waals surface area contributed by atoms with Crippen LogP contribution in [0.25, 0.3) is 0 Å². The monoisotopic (exact) mass is 1040 g/mol. The molecule has 6 aliphatic rings. The Hall–Kier alpha value is -7.27. The molecule has 2 aromatic heterocycles. The van der Waals surface area contributed by atoms with E-state index in [2.05, 4.69) is 0 Å². The van der Waals surface area contributed by atoms with Gasteiger partial charge >= 0.3 is 5.97 Å². The Bertz CT molecular complexity index is 3380. The van der Waals surface area contributed by atoms with Crippen LogP contribution in [0.15, 0.2) is 117 Å². The lowest BCUT2D eigenvalue weighted by atomic mass is 9.93. The second-order valence-electron chi connectivity index (χ2n) is 17.5. The number of morpholine rings is 2. The van der Waals surface area contributed by atoms with Crippen LogP contribution in [0.2, 0.25) is 0 Å². The molecule has 376 valence electrons. The molecule has 2 amide bonds. The van der Waals surface area contributed by atoms with Gasteiger partial charge in [-0.25, -0.2) is 17.6 Å². The van der Waals surface area contributed by atoms with Gasteiger partial charge in [-0.2, -0.15) is 0 Å². The number of esters is 1. The number of rotatable bonds is 5. The summed E-state index contributed by atoms with van der Waals surface area (Å²) < 4.78 is 83.8. The first-order valence-corrected chi connectivity index (χ1v) is 25.0. The average Bonchev–Trinajstić information content (AvgIpc) is 3.67. The quantitative estimate of drug-likeness (QED) is 0.119. The van der Waals surface area contributed by atoms with Gasteiger partial charge in [0.15, 0.2) is 40.4 Å².